The standard InChI is InChI=1S/C16H15IN4O/c17-12-7-5-11(6-8-12)15(22)13(10-18)16-20-19-14-4-2-1-3-9-21(14)16/h5-8,22H,1-4,9H2/b15-13-. The average molecular weight is 406 g/mol. The summed E-state index contributed by atoms with van der Waals surface area (Å²) in [5, 5.41) is 28.3. The predicted molar refractivity (Wildman–Crippen MR) is 91.8 cm³/mol. The molecule has 1 aromatic heterocycles. The van der Waals surface area contributed by atoms with E-state index in [4.69, 9.17) is 0 Å². The van der Waals surface area contributed by atoms with Crippen LogP contribution < -0.4 is 0 Å². The SMILES string of the molecule is N#C/C(=C(/O)c1ccc(I)cc1)c1nnc2n1CCCCC2. The van der Waals surface area contributed by atoms with Crippen molar-refractivity contribution in [1.29, 1.82) is 5.26 Å². The quantitative estimate of drug-likeness (QED) is 0.470. The molecule has 3 rings (SSSR count). The van der Waals surface area contributed by atoms with E-state index < -0.39 is 0 Å². The maximum Gasteiger partial charge on any atom is 0.178 e. The largest absolute Gasteiger partial charge is 0.506 e. The van der Waals surface area contributed by atoms with Crippen LogP contribution in [0.4, 0.5) is 0 Å². The first-order valence-corrected chi connectivity index (χ1v) is 8.30. The number of hydrogen-bond acceptors (Lipinski definition) is 4. The van der Waals surface area contributed by atoms with E-state index >= 15 is 0 Å². The Morgan fingerprint density at radius 2 is 1.95 bits per heavy atom. The molecule has 1 aliphatic heterocycles. The van der Waals surface area contributed by atoms with Crippen LogP contribution in [-0.4, -0.2) is 19.9 Å². The van der Waals surface area contributed by atoms with Gasteiger partial charge in [0.25, 0.3) is 0 Å². The van der Waals surface area contributed by atoms with E-state index in [1.54, 1.807) is 12.1 Å². The van der Waals surface area contributed by atoms with Gasteiger partial charge in [-0.15, -0.1) is 10.2 Å². The van der Waals surface area contributed by atoms with Gasteiger partial charge >= 0.3 is 0 Å². The van der Waals surface area contributed by atoms with Crippen molar-refractivity contribution in [2.24, 2.45) is 0 Å². The molecule has 2 heterocycles. The van der Waals surface area contributed by atoms with Gasteiger partial charge in [-0.3, -0.25) is 0 Å². The molecule has 112 valence electrons. The number of aryl methyl sites for hydroxylation is 1. The maximum absolute atomic E-state index is 10.5. The summed E-state index contributed by atoms with van der Waals surface area (Å²) in [6, 6.07) is 9.48. The number of fused-ring (bicyclic) bond motifs is 1. The zero-order valence-electron chi connectivity index (χ0n) is 12.0. The third-order valence-corrected chi connectivity index (χ3v) is 4.52. The van der Waals surface area contributed by atoms with Crippen LogP contribution in [0.3, 0.4) is 0 Å². The predicted octanol–water partition coefficient (Wildman–Crippen LogP) is 3.56. The second-order valence-corrected chi connectivity index (χ2v) is 6.49. The molecular weight excluding hydrogens is 391 g/mol. The summed E-state index contributed by atoms with van der Waals surface area (Å²) < 4.78 is 3.04. The third-order valence-electron chi connectivity index (χ3n) is 3.80. The highest BCUT2D eigenvalue weighted by Crippen LogP contribution is 2.25. The zero-order chi connectivity index (χ0) is 15.5. The Morgan fingerprint density at radius 3 is 2.68 bits per heavy atom. The number of nitrogens with zero attached hydrogens (tertiary/aromatic N) is 4. The van der Waals surface area contributed by atoms with Gasteiger partial charge in [0.1, 0.15) is 23.2 Å². The van der Waals surface area contributed by atoms with Crippen LogP contribution in [0.15, 0.2) is 24.3 Å². The molecule has 0 saturated carbocycles. The molecule has 2 aromatic rings. The van der Waals surface area contributed by atoms with Crippen LogP contribution in [-0.2, 0) is 13.0 Å². The molecule has 5 nitrogen and oxygen atoms in total. The minimum absolute atomic E-state index is 0.0432. The van der Waals surface area contributed by atoms with Crippen molar-refractivity contribution < 1.29 is 5.11 Å². The highest BCUT2D eigenvalue weighted by Gasteiger charge is 2.21. The maximum atomic E-state index is 10.5. The van der Waals surface area contributed by atoms with Crippen LogP contribution in [0, 0.1) is 14.9 Å². The Kier molecular flexibility index (Phi) is 4.43. The molecule has 0 amide bonds. The number of aliphatic hydroxyl groups excluding tert-OH is 1. The van der Waals surface area contributed by atoms with E-state index in [-0.39, 0.29) is 11.3 Å². The fourth-order valence-electron chi connectivity index (χ4n) is 2.63. The lowest BCUT2D eigenvalue weighted by atomic mass is 10.1. The molecule has 0 spiro atoms. The lowest BCUT2D eigenvalue weighted by Crippen LogP contribution is -2.06. The van der Waals surface area contributed by atoms with E-state index in [9.17, 15) is 10.4 Å². The van der Waals surface area contributed by atoms with Crippen molar-refractivity contribution in [3.05, 3.63) is 45.0 Å². The molecule has 0 unspecified atom stereocenters. The Labute approximate surface area is 142 Å². The molecule has 0 saturated heterocycles. The second-order valence-electron chi connectivity index (χ2n) is 5.24. The first kappa shape index (κ1) is 15.0. The minimum atomic E-state index is -0.0432. The van der Waals surface area contributed by atoms with E-state index in [1.807, 2.05) is 16.7 Å². The topological polar surface area (TPSA) is 74.7 Å². The lowest BCUT2D eigenvalue weighted by Gasteiger charge is -2.08. The molecule has 22 heavy (non-hydrogen) atoms. The number of halogens is 1. The van der Waals surface area contributed by atoms with Gasteiger partial charge < -0.3 is 9.67 Å². The fraction of sp³-hybridized carbons (Fsp3) is 0.312. The van der Waals surface area contributed by atoms with Crippen molar-refractivity contribution in [2.45, 2.75) is 32.2 Å². The van der Waals surface area contributed by atoms with Gasteiger partial charge in [-0.1, -0.05) is 18.6 Å². The number of nitriles is 1. The monoisotopic (exact) mass is 406 g/mol. The Morgan fingerprint density at radius 1 is 1.18 bits per heavy atom. The van der Waals surface area contributed by atoms with Crippen LogP contribution >= 0.6 is 22.6 Å². The van der Waals surface area contributed by atoms with Crippen molar-refractivity contribution >= 4 is 33.9 Å². The smallest absolute Gasteiger partial charge is 0.178 e. The number of allylic oxidation sites excluding steroid dienone is 1. The molecule has 0 radical (unpaired) electrons. The van der Waals surface area contributed by atoms with Gasteiger partial charge in [0.2, 0.25) is 0 Å². The number of hydrogen-bond donors (Lipinski definition) is 1. The molecule has 1 aromatic carbocycles. The first-order valence-electron chi connectivity index (χ1n) is 7.22. The zero-order valence-corrected chi connectivity index (χ0v) is 14.1. The summed E-state index contributed by atoms with van der Waals surface area (Å²) in [5.74, 6) is 1.32. The Bertz CT molecular complexity index is 755. The van der Waals surface area contributed by atoms with E-state index in [0.717, 1.165) is 41.6 Å². The highest BCUT2D eigenvalue weighted by atomic mass is 127. The molecule has 0 fully saturated rings. The summed E-state index contributed by atoms with van der Waals surface area (Å²) in [5.41, 5.74) is 0.796. The van der Waals surface area contributed by atoms with Crippen LogP contribution in [0.5, 0.6) is 0 Å². The summed E-state index contributed by atoms with van der Waals surface area (Å²) in [7, 11) is 0. The van der Waals surface area contributed by atoms with Gasteiger partial charge in [-0.05, 0) is 47.6 Å². The van der Waals surface area contributed by atoms with Gasteiger partial charge in [-0.25, -0.2) is 0 Å². The van der Waals surface area contributed by atoms with Crippen LogP contribution in [0.25, 0.3) is 11.3 Å². The van der Waals surface area contributed by atoms with Crippen molar-refractivity contribution in [1.82, 2.24) is 14.8 Å². The van der Waals surface area contributed by atoms with Gasteiger partial charge in [-0.2, -0.15) is 5.26 Å². The van der Waals surface area contributed by atoms with Gasteiger partial charge in [0.05, 0.1) is 0 Å². The molecule has 1 aliphatic rings. The minimum Gasteiger partial charge on any atom is -0.506 e. The number of rotatable bonds is 2. The highest BCUT2D eigenvalue weighted by molar-refractivity contribution is 14.1. The second kappa shape index (κ2) is 6.48. The first-order chi connectivity index (χ1) is 10.7. The van der Waals surface area contributed by atoms with Crippen LogP contribution in [0.2, 0.25) is 0 Å². The summed E-state index contributed by atoms with van der Waals surface area (Å²) in [4.78, 5) is 0. The van der Waals surface area contributed by atoms with Crippen molar-refractivity contribution in [3.8, 4) is 6.07 Å². The molecule has 1 N–H and O–H groups in total. The van der Waals surface area contributed by atoms with Crippen molar-refractivity contribution in [2.75, 3.05) is 0 Å². The number of aromatic nitrogens is 3. The molecular formula is C16H15IN4O. The Hall–Kier alpha value is -1.88. The molecule has 0 bridgehead atoms. The van der Waals surface area contributed by atoms with Gasteiger partial charge in [0.15, 0.2) is 5.82 Å². The van der Waals surface area contributed by atoms with E-state index in [2.05, 4.69) is 38.9 Å². The molecule has 0 atom stereocenters. The molecule has 6 heteroatoms. The Balaban J connectivity index is 2.08. The van der Waals surface area contributed by atoms with E-state index in [0.29, 0.717) is 11.4 Å². The fourth-order valence-corrected chi connectivity index (χ4v) is 2.99. The summed E-state index contributed by atoms with van der Waals surface area (Å²) in [6.07, 6.45) is 4.15. The third kappa shape index (κ3) is 2.86. The van der Waals surface area contributed by atoms with Crippen molar-refractivity contribution in [3.63, 3.8) is 0 Å². The van der Waals surface area contributed by atoms with E-state index in [1.165, 1.54) is 0 Å². The summed E-state index contributed by atoms with van der Waals surface area (Å²) >= 11 is 2.20. The lowest BCUT2D eigenvalue weighted by molar-refractivity contribution is 0.513. The number of benzene rings is 1. The number of aliphatic hydroxyl groups is 1. The van der Waals surface area contributed by atoms with Crippen LogP contribution in [0.1, 0.15) is 36.5 Å². The normalized spacial score (nSPS) is 15.5. The molecule has 0 aliphatic carbocycles. The summed E-state index contributed by atoms with van der Waals surface area (Å²) in [6.45, 7) is 0.794. The average Bonchev–Trinajstić information content (AvgIpc) is 2.78. The van der Waals surface area contributed by atoms with Gasteiger partial charge in [0, 0.05) is 22.1 Å².